The van der Waals surface area contributed by atoms with Gasteiger partial charge in [-0.1, -0.05) is 56.6 Å². The Hall–Kier alpha value is -3.25. The van der Waals surface area contributed by atoms with Crippen molar-refractivity contribution in [2.75, 3.05) is 5.32 Å². The smallest absolute Gasteiger partial charge is 0.253 e. The summed E-state index contributed by atoms with van der Waals surface area (Å²) in [5.41, 5.74) is 5.43. The highest BCUT2D eigenvalue weighted by atomic mass is 35.5. The Kier molecular flexibility index (Phi) is 5.73. The third-order valence-electron chi connectivity index (χ3n) is 5.52. The minimum Gasteiger partial charge on any atom is -0.326 e. The van der Waals surface area contributed by atoms with Crippen molar-refractivity contribution >= 4 is 29.0 Å². The van der Waals surface area contributed by atoms with Gasteiger partial charge in [-0.25, -0.2) is 9.50 Å². The van der Waals surface area contributed by atoms with Crippen LogP contribution in [0.3, 0.4) is 0 Å². The lowest BCUT2D eigenvalue weighted by Crippen LogP contribution is -2.17. The molecule has 2 aromatic heterocycles. The number of nitrogens with one attached hydrogen (secondary N) is 1. The topological polar surface area (TPSA) is 72.2 Å². The molecule has 2 aromatic carbocycles. The molecule has 0 atom stereocenters. The number of hydrogen-bond acceptors (Lipinski definition) is 4. The Morgan fingerprint density at radius 3 is 2.28 bits per heavy atom. The predicted octanol–water partition coefficient (Wildman–Crippen LogP) is 5.54. The second-order valence-corrected chi connectivity index (χ2v) is 9.40. The molecule has 0 aliphatic rings. The van der Waals surface area contributed by atoms with Crippen molar-refractivity contribution in [1.29, 1.82) is 0 Å². The van der Waals surface area contributed by atoms with Gasteiger partial charge in [-0.15, -0.1) is 5.10 Å². The van der Waals surface area contributed by atoms with E-state index in [1.54, 1.807) is 28.8 Å². The molecule has 1 amide bonds. The minimum atomic E-state index is -0.127. The van der Waals surface area contributed by atoms with Gasteiger partial charge < -0.3 is 5.32 Å². The number of hydrogen-bond donors (Lipinski definition) is 1. The molecule has 0 fully saturated rings. The van der Waals surface area contributed by atoms with E-state index in [1.165, 1.54) is 5.56 Å². The molecule has 0 radical (unpaired) electrons. The minimum absolute atomic E-state index is 0.0849. The number of halogens is 1. The van der Waals surface area contributed by atoms with Crippen LogP contribution >= 0.6 is 11.6 Å². The number of aromatic nitrogens is 4. The van der Waals surface area contributed by atoms with Gasteiger partial charge >= 0.3 is 0 Å². The summed E-state index contributed by atoms with van der Waals surface area (Å²) in [7, 11) is 0. The first-order valence-corrected chi connectivity index (χ1v) is 10.9. The zero-order valence-electron chi connectivity index (χ0n) is 18.9. The van der Waals surface area contributed by atoms with Crippen LogP contribution in [-0.4, -0.2) is 25.5 Å². The second-order valence-electron chi connectivity index (χ2n) is 8.97. The van der Waals surface area contributed by atoms with Crippen LogP contribution in [0, 0.1) is 13.8 Å². The first kappa shape index (κ1) is 22.0. The predicted molar refractivity (Wildman–Crippen MR) is 128 cm³/mol. The van der Waals surface area contributed by atoms with E-state index in [-0.39, 0.29) is 17.7 Å². The van der Waals surface area contributed by atoms with Gasteiger partial charge in [0.15, 0.2) is 5.82 Å². The summed E-state index contributed by atoms with van der Waals surface area (Å²) in [5, 5.41) is 8.20. The van der Waals surface area contributed by atoms with E-state index >= 15 is 0 Å². The summed E-state index contributed by atoms with van der Waals surface area (Å²) in [6, 6.07) is 15.3. The number of amides is 1. The van der Waals surface area contributed by atoms with Crippen molar-refractivity contribution in [3.05, 3.63) is 76.1 Å². The molecule has 0 aliphatic carbocycles. The summed E-state index contributed by atoms with van der Waals surface area (Å²) in [6.07, 6.45) is 0.193. The normalized spacial score (nSPS) is 11.7. The first-order chi connectivity index (χ1) is 15.1. The van der Waals surface area contributed by atoms with E-state index in [9.17, 15) is 4.79 Å². The zero-order chi connectivity index (χ0) is 23.0. The summed E-state index contributed by atoms with van der Waals surface area (Å²) in [4.78, 5) is 21.9. The average molecular weight is 448 g/mol. The number of carbonyl (C=O) groups is 1. The van der Waals surface area contributed by atoms with E-state index < -0.39 is 0 Å². The first-order valence-electron chi connectivity index (χ1n) is 10.5. The lowest BCUT2D eigenvalue weighted by molar-refractivity contribution is -0.115. The fourth-order valence-corrected chi connectivity index (χ4v) is 3.73. The molecule has 7 heteroatoms. The van der Waals surface area contributed by atoms with Crippen molar-refractivity contribution in [3.8, 4) is 11.4 Å². The van der Waals surface area contributed by atoms with Crippen molar-refractivity contribution < 1.29 is 4.79 Å². The summed E-state index contributed by atoms with van der Waals surface area (Å²) >= 11 is 5.91. The summed E-state index contributed by atoms with van der Waals surface area (Å²) < 4.78 is 1.71. The van der Waals surface area contributed by atoms with Crippen LogP contribution in [-0.2, 0) is 16.6 Å². The van der Waals surface area contributed by atoms with Gasteiger partial charge in [0.25, 0.3) is 5.78 Å². The Labute approximate surface area is 192 Å². The number of rotatable bonds is 4. The maximum absolute atomic E-state index is 12.6. The van der Waals surface area contributed by atoms with Crippen LogP contribution in [0.1, 0.15) is 43.3 Å². The molecule has 1 N–H and O–H groups in total. The van der Waals surface area contributed by atoms with Crippen LogP contribution in [0.15, 0.2) is 48.5 Å². The van der Waals surface area contributed by atoms with Gasteiger partial charge in [0.1, 0.15) is 0 Å². The number of fused-ring (bicyclic) bond motifs is 1. The van der Waals surface area contributed by atoms with Crippen molar-refractivity contribution in [3.63, 3.8) is 0 Å². The van der Waals surface area contributed by atoms with Crippen LogP contribution in [0.5, 0.6) is 0 Å². The molecule has 32 heavy (non-hydrogen) atoms. The Morgan fingerprint density at radius 1 is 1.00 bits per heavy atom. The second kappa shape index (κ2) is 8.36. The number of nitrogens with zero attached hydrogens (tertiary/aromatic N) is 4. The molecular formula is C25H26ClN5O. The highest BCUT2D eigenvalue weighted by Gasteiger charge is 2.18. The molecule has 0 unspecified atom stereocenters. The van der Waals surface area contributed by atoms with Crippen LogP contribution in [0.25, 0.3) is 17.2 Å². The van der Waals surface area contributed by atoms with Crippen LogP contribution in [0.2, 0.25) is 5.02 Å². The number of carbonyl (C=O) groups excluding carboxylic acids is 1. The molecule has 0 saturated heterocycles. The van der Waals surface area contributed by atoms with E-state index in [0.717, 1.165) is 22.5 Å². The number of aryl methyl sites for hydroxylation is 2. The maximum atomic E-state index is 12.6. The van der Waals surface area contributed by atoms with Crippen molar-refractivity contribution in [2.45, 2.75) is 46.5 Å². The SMILES string of the molecule is Cc1nc2nc(-c3ccc(C(C)(C)C)cc3)nn2c(C)c1CC(=O)Nc1ccc(Cl)cc1. The Morgan fingerprint density at radius 2 is 1.66 bits per heavy atom. The number of benzene rings is 2. The van der Waals surface area contributed by atoms with E-state index in [2.05, 4.69) is 53.3 Å². The molecule has 4 rings (SSSR count). The molecule has 0 aliphatic heterocycles. The maximum Gasteiger partial charge on any atom is 0.253 e. The molecule has 0 saturated carbocycles. The highest BCUT2D eigenvalue weighted by Crippen LogP contribution is 2.25. The standard InChI is InChI=1S/C25H26ClN5O/c1-15-21(14-22(32)28-20-12-10-19(26)11-13-20)16(2)31-24(27-15)29-23(30-31)17-6-8-18(9-7-17)25(3,4)5/h6-13H,14H2,1-5H3,(H,28,32). The zero-order valence-corrected chi connectivity index (χ0v) is 19.7. The van der Waals surface area contributed by atoms with Gasteiger partial charge in [0.05, 0.1) is 6.42 Å². The van der Waals surface area contributed by atoms with Crippen molar-refractivity contribution in [1.82, 2.24) is 19.6 Å². The monoisotopic (exact) mass is 447 g/mol. The third kappa shape index (κ3) is 4.50. The molecule has 4 aromatic rings. The van der Waals surface area contributed by atoms with Crippen molar-refractivity contribution in [2.24, 2.45) is 0 Å². The van der Waals surface area contributed by atoms with Crippen LogP contribution < -0.4 is 5.32 Å². The van der Waals surface area contributed by atoms with Gasteiger partial charge in [0, 0.05) is 33.2 Å². The highest BCUT2D eigenvalue weighted by molar-refractivity contribution is 6.30. The molecule has 0 bridgehead atoms. The summed E-state index contributed by atoms with van der Waals surface area (Å²) in [5.74, 6) is 1.01. The molecular weight excluding hydrogens is 422 g/mol. The fourth-order valence-electron chi connectivity index (χ4n) is 3.60. The van der Waals surface area contributed by atoms with E-state index in [0.29, 0.717) is 22.3 Å². The third-order valence-corrected chi connectivity index (χ3v) is 5.78. The van der Waals surface area contributed by atoms with Crippen LogP contribution in [0.4, 0.5) is 5.69 Å². The average Bonchev–Trinajstić information content (AvgIpc) is 3.16. The molecule has 2 heterocycles. The molecule has 0 spiro atoms. The van der Waals surface area contributed by atoms with E-state index in [1.807, 2.05) is 26.0 Å². The lowest BCUT2D eigenvalue weighted by Gasteiger charge is -2.18. The quantitative estimate of drug-likeness (QED) is 0.445. The summed E-state index contributed by atoms with van der Waals surface area (Å²) in [6.45, 7) is 10.4. The number of anilines is 1. The van der Waals surface area contributed by atoms with Gasteiger partial charge in [0.2, 0.25) is 5.91 Å². The molecule has 164 valence electrons. The van der Waals surface area contributed by atoms with Gasteiger partial charge in [-0.3, -0.25) is 4.79 Å². The molecule has 6 nitrogen and oxygen atoms in total. The van der Waals surface area contributed by atoms with E-state index in [4.69, 9.17) is 11.6 Å². The largest absolute Gasteiger partial charge is 0.326 e. The van der Waals surface area contributed by atoms with Gasteiger partial charge in [-0.2, -0.15) is 4.98 Å². The Balaban J connectivity index is 1.61. The fraction of sp³-hybridized carbons (Fsp3) is 0.280. The Bertz CT molecular complexity index is 1290. The van der Waals surface area contributed by atoms with Gasteiger partial charge in [-0.05, 0) is 49.1 Å². The lowest BCUT2D eigenvalue weighted by atomic mass is 9.87.